The van der Waals surface area contributed by atoms with E-state index in [1.807, 2.05) is 38.1 Å². The average Bonchev–Trinajstić information content (AvgIpc) is 2.78. The smallest absolute Gasteiger partial charge is 0.264 e. The lowest BCUT2D eigenvalue weighted by Gasteiger charge is -2.28. The van der Waals surface area contributed by atoms with Crippen molar-refractivity contribution >= 4 is 41.9 Å². The molecule has 1 aliphatic heterocycles. The molecule has 2 aromatic rings. The van der Waals surface area contributed by atoms with Gasteiger partial charge in [0, 0.05) is 24.4 Å². The summed E-state index contributed by atoms with van der Waals surface area (Å²) in [6.07, 6.45) is 3.62. The Kier molecular flexibility index (Phi) is 8.36. The van der Waals surface area contributed by atoms with E-state index in [2.05, 4.69) is 28.2 Å². The lowest BCUT2D eigenvalue weighted by molar-refractivity contribution is 0.0343. The van der Waals surface area contributed by atoms with Crippen molar-refractivity contribution in [1.29, 1.82) is 5.41 Å². The first-order valence-corrected chi connectivity index (χ1v) is 13.3. The molecule has 0 aliphatic carbocycles. The molecule has 0 radical (unpaired) electrons. The molecule has 174 valence electrons. The van der Waals surface area contributed by atoms with Gasteiger partial charge in [0.05, 0.1) is 10.6 Å². The maximum absolute atomic E-state index is 13.7. The minimum absolute atomic E-state index is 0.152. The number of nitrogens with zero attached hydrogens (tertiary/aromatic N) is 1. The molecule has 0 amide bonds. The Labute approximate surface area is 200 Å². The predicted octanol–water partition coefficient (Wildman–Crippen LogP) is 5.76. The molecule has 3 rings (SSSR count). The standard InChI is InChI=1S/C24H32BrN3O3S/c1-4-18-8-10-19(11-9-18)28(16-17(2)3)32(29,30)20-12-13-21(24(25)26)22(15-20)27-23-7-5-6-14-31-23/h8-13,15,17,23,26-27H,4-7,14,16H2,1-3H3. The summed E-state index contributed by atoms with van der Waals surface area (Å²) in [5, 5.41) is 11.3. The zero-order valence-electron chi connectivity index (χ0n) is 18.9. The van der Waals surface area contributed by atoms with Crippen molar-refractivity contribution in [3.05, 3.63) is 53.6 Å². The first-order valence-electron chi connectivity index (χ1n) is 11.1. The number of rotatable bonds is 9. The molecule has 1 aliphatic rings. The molecule has 0 spiro atoms. The Morgan fingerprint density at radius 3 is 2.50 bits per heavy atom. The van der Waals surface area contributed by atoms with E-state index in [0.717, 1.165) is 31.2 Å². The van der Waals surface area contributed by atoms with Crippen molar-refractivity contribution < 1.29 is 13.2 Å². The zero-order valence-corrected chi connectivity index (χ0v) is 21.3. The molecule has 1 fully saturated rings. The third-order valence-electron chi connectivity index (χ3n) is 5.48. The van der Waals surface area contributed by atoms with E-state index in [0.29, 0.717) is 30.1 Å². The summed E-state index contributed by atoms with van der Waals surface area (Å²) in [7, 11) is -3.81. The normalized spacial score (nSPS) is 16.7. The van der Waals surface area contributed by atoms with Gasteiger partial charge < -0.3 is 10.1 Å². The number of sulfonamides is 1. The van der Waals surface area contributed by atoms with Crippen LogP contribution in [0.25, 0.3) is 0 Å². The number of hydrogen-bond donors (Lipinski definition) is 2. The monoisotopic (exact) mass is 521 g/mol. The molecule has 0 saturated carbocycles. The summed E-state index contributed by atoms with van der Waals surface area (Å²) >= 11 is 3.23. The van der Waals surface area contributed by atoms with Crippen LogP contribution in [0.4, 0.5) is 11.4 Å². The maximum atomic E-state index is 13.7. The summed E-state index contributed by atoms with van der Waals surface area (Å²) < 4.78 is 34.9. The lowest BCUT2D eigenvalue weighted by Crippen LogP contribution is -2.34. The van der Waals surface area contributed by atoms with Gasteiger partial charge in [-0.25, -0.2) is 8.42 Å². The van der Waals surface area contributed by atoms with Crippen LogP contribution in [0, 0.1) is 11.3 Å². The molecule has 1 saturated heterocycles. The van der Waals surface area contributed by atoms with Crippen LogP contribution < -0.4 is 9.62 Å². The zero-order chi connectivity index (χ0) is 23.3. The average molecular weight is 523 g/mol. The van der Waals surface area contributed by atoms with Crippen LogP contribution in [0.15, 0.2) is 47.4 Å². The highest BCUT2D eigenvalue weighted by atomic mass is 79.9. The quantitative estimate of drug-likeness (QED) is 0.411. The second-order valence-corrected chi connectivity index (χ2v) is 11.1. The Hall–Kier alpha value is -1.90. The van der Waals surface area contributed by atoms with Crippen LogP contribution in [0.5, 0.6) is 0 Å². The van der Waals surface area contributed by atoms with Crippen molar-refractivity contribution in [2.24, 2.45) is 5.92 Å². The highest BCUT2D eigenvalue weighted by molar-refractivity contribution is 9.18. The summed E-state index contributed by atoms with van der Waals surface area (Å²) in [6.45, 7) is 7.13. The largest absolute Gasteiger partial charge is 0.360 e. The van der Waals surface area contributed by atoms with Crippen LogP contribution >= 0.6 is 15.9 Å². The Balaban J connectivity index is 2.01. The second-order valence-electron chi connectivity index (χ2n) is 8.47. The third kappa shape index (κ3) is 5.91. The van der Waals surface area contributed by atoms with Crippen LogP contribution in [0.1, 0.15) is 51.2 Å². The van der Waals surface area contributed by atoms with Crippen molar-refractivity contribution in [2.45, 2.75) is 57.6 Å². The summed E-state index contributed by atoms with van der Waals surface area (Å²) in [4.78, 5) is 0.188. The fourth-order valence-corrected chi connectivity index (χ4v) is 5.72. The van der Waals surface area contributed by atoms with Gasteiger partial charge in [0.1, 0.15) is 10.8 Å². The Bertz CT molecular complexity index is 1030. The molecule has 0 bridgehead atoms. The SMILES string of the molecule is CCc1ccc(N(CC(C)C)S(=O)(=O)c2ccc(C(=N)Br)c(NC3CCCCO3)c2)cc1. The third-order valence-corrected chi connectivity index (χ3v) is 7.69. The molecule has 1 heterocycles. The first-order chi connectivity index (χ1) is 15.2. The van der Waals surface area contributed by atoms with Crippen molar-refractivity contribution in [3.8, 4) is 0 Å². The van der Waals surface area contributed by atoms with E-state index < -0.39 is 10.0 Å². The molecule has 2 aromatic carbocycles. The summed E-state index contributed by atoms with van der Waals surface area (Å²) in [5.74, 6) is 0.152. The molecule has 2 N–H and O–H groups in total. The van der Waals surface area contributed by atoms with Crippen molar-refractivity contribution in [3.63, 3.8) is 0 Å². The summed E-state index contributed by atoms with van der Waals surface area (Å²) in [6, 6.07) is 12.5. The molecule has 32 heavy (non-hydrogen) atoms. The highest BCUT2D eigenvalue weighted by Crippen LogP contribution is 2.30. The van der Waals surface area contributed by atoms with Gasteiger partial charge in [-0.05, 0) is 83.4 Å². The lowest BCUT2D eigenvalue weighted by atomic mass is 10.1. The molecular formula is C24H32BrN3O3S. The van der Waals surface area contributed by atoms with Crippen LogP contribution in [0.2, 0.25) is 0 Å². The summed E-state index contributed by atoms with van der Waals surface area (Å²) in [5.41, 5.74) is 2.99. The molecule has 6 nitrogen and oxygen atoms in total. The number of nitrogens with one attached hydrogen (secondary N) is 2. The van der Waals surface area contributed by atoms with E-state index in [9.17, 15) is 8.42 Å². The minimum atomic E-state index is -3.81. The van der Waals surface area contributed by atoms with Crippen LogP contribution in [-0.4, -0.2) is 32.4 Å². The number of hydrogen-bond acceptors (Lipinski definition) is 5. The topological polar surface area (TPSA) is 82.5 Å². The van der Waals surface area contributed by atoms with Gasteiger partial charge >= 0.3 is 0 Å². The van der Waals surface area contributed by atoms with Gasteiger partial charge in [0.2, 0.25) is 0 Å². The van der Waals surface area contributed by atoms with Crippen LogP contribution in [-0.2, 0) is 21.2 Å². The highest BCUT2D eigenvalue weighted by Gasteiger charge is 2.27. The number of halogens is 1. The van der Waals surface area contributed by atoms with Gasteiger partial charge in [-0.2, -0.15) is 0 Å². The van der Waals surface area contributed by atoms with Gasteiger partial charge in [0.15, 0.2) is 0 Å². The van der Waals surface area contributed by atoms with Gasteiger partial charge in [-0.15, -0.1) is 0 Å². The van der Waals surface area contributed by atoms with E-state index in [1.165, 1.54) is 4.31 Å². The van der Waals surface area contributed by atoms with Crippen molar-refractivity contribution in [1.82, 2.24) is 0 Å². The Morgan fingerprint density at radius 2 is 1.94 bits per heavy atom. The van der Waals surface area contributed by atoms with E-state index in [-0.39, 0.29) is 21.7 Å². The molecule has 1 unspecified atom stereocenters. The van der Waals surface area contributed by atoms with Gasteiger partial charge in [-0.3, -0.25) is 9.71 Å². The first kappa shape index (κ1) is 24.7. The number of benzene rings is 2. The number of aryl methyl sites for hydroxylation is 1. The Morgan fingerprint density at radius 1 is 1.22 bits per heavy atom. The fraction of sp³-hybridized carbons (Fsp3) is 0.458. The molecule has 8 heteroatoms. The molecular weight excluding hydrogens is 490 g/mol. The second kappa shape index (κ2) is 10.8. The van der Waals surface area contributed by atoms with E-state index in [1.54, 1.807) is 18.2 Å². The number of anilines is 2. The molecule has 0 aromatic heterocycles. The maximum Gasteiger partial charge on any atom is 0.264 e. The fourth-order valence-electron chi connectivity index (χ4n) is 3.72. The van der Waals surface area contributed by atoms with Crippen molar-refractivity contribution in [2.75, 3.05) is 22.8 Å². The molecule has 1 atom stereocenters. The predicted molar refractivity (Wildman–Crippen MR) is 135 cm³/mol. The van der Waals surface area contributed by atoms with E-state index >= 15 is 0 Å². The van der Waals surface area contributed by atoms with Gasteiger partial charge in [-0.1, -0.05) is 32.9 Å². The number of ether oxygens (including phenoxy) is 1. The van der Waals surface area contributed by atoms with E-state index in [4.69, 9.17) is 10.1 Å². The van der Waals surface area contributed by atoms with Crippen LogP contribution in [0.3, 0.4) is 0 Å². The van der Waals surface area contributed by atoms with Gasteiger partial charge in [0.25, 0.3) is 10.0 Å². The minimum Gasteiger partial charge on any atom is -0.360 e.